The molecule has 0 aromatic heterocycles. The van der Waals surface area contributed by atoms with Gasteiger partial charge in [0.2, 0.25) is 0 Å². The van der Waals surface area contributed by atoms with E-state index < -0.39 is 4.92 Å². The molecule has 5 nitrogen and oxygen atoms in total. The monoisotopic (exact) mass is 238 g/mol. The van der Waals surface area contributed by atoms with Gasteiger partial charge in [0.15, 0.2) is 0 Å². The number of anilines is 1. The average molecular weight is 238 g/mol. The van der Waals surface area contributed by atoms with Crippen molar-refractivity contribution in [3.05, 3.63) is 33.9 Å². The Morgan fingerprint density at radius 3 is 2.53 bits per heavy atom. The van der Waals surface area contributed by atoms with Crippen molar-refractivity contribution in [2.75, 3.05) is 18.1 Å². The van der Waals surface area contributed by atoms with Crippen molar-refractivity contribution in [2.24, 2.45) is 0 Å². The van der Waals surface area contributed by atoms with Gasteiger partial charge in [0.25, 0.3) is 5.69 Å². The minimum atomic E-state index is -0.400. The van der Waals surface area contributed by atoms with Crippen LogP contribution in [0.2, 0.25) is 0 Å². The molecule has 0 atom stereocenters. The van der Waals surface area contributed by atoms with Crippen LogP contribution >= 0.6 is 0 Å². The second kappa shape index (κ2) is 5.63. The number of aliphatic hydroxyl groups excluding tert-OH is 1. The first-order valence-electron chi connectivity index (χ1n) is 5.60. The van der Waals surface area contributed by atoms with Gasteiger partial charge in [-0.05, 0) is 32.4 Å². The smallest absolute Gasteiger partial charge is 0.269 e. The Labute approximate surface area is 101 Å². The lowest BCUT2D eigenvalue weighted by Gasteiger charge is -2.29. The van der Waals surface area contributed by atoms with E-state index in [1.165, 1.54) is 6.07 Å². The maximum absolute atomic E-state index is 10.6. The van der Waals surface area contributed by atoms with Crippen LogP contribution in [0.25, 0.3) is 0 Å². The maximum Gasteiger partial charge on any atom is 0.269 e. The zero-order chi connectivity index (χ0) is 13.0. The zero-order valence-corrected chi connectivity index (χ0v) is 10.4. The molecule has 0 heterocycles. The molecular weight excluding hydrogens is 220 g/mol. The molecule has 1 aromatic carbocycles. The lowest BCUT2D eigenvalue weighted by atomic mass is 10.1. The summed E-state index contributed by atoms with van der Waals surface area (Å²) in [7, 11) is 0. The predicted octanol–water partition coefficient (Wildman–Crippen LogP) is 2.11. The van der Waals surface area contributed by atoms with Gasteiger partial charge in [-0.3, -0.25) is 10.1 Å². The average Bonchev–Trinajstić information content (AvgIpc) is 2.26. The van der Waals surface area contributed by atoms with E-state index in [1.54, 1.807) is 12.1 Å². The molecule has 0 saturated heterocycles. The van der Waals surface area contributed by atoms with Crippen molar-refractivity contribution < 1.29 is 10.0 Å². The number of nitrogens with zero attached hydrogens (tertiary/aromatic N) is 2. The van der Waals surface area contributed by atoms with E-state index in [-0.39, 0.29) is 18.3 Å². The summed E-state index contributed by atoms with van der Waals surface area (Å²) in [6, 6.07) is 5.03. The molecule has 1 N–H and O–H groups in total. The van der Waals surface area contributed by atoms with Crippen LogP contribution < -0.4 is 4.90 Å². The van der Waals surface area contributed by atoms with Gasteiger partial charge in [-0.25, -0.2) is 0 Å². The molecule has 0 unspecified atom stereocenters. The second-order valence-corrected chi connectivity index (χ2v) is 4.24. The normalized spacial score (nSPS) is 10.6. The molecule has 94 valence electrons. The van der Waals surface area contributed by atoms with Crippen molar-refractivity contribution in [2.45, 2.75) is 26.8 Å². The van der Waals surface area contributed by atoms with Gasteiger partial charge in [0.05, 0.1) is 11.5 Å². The number of nitro benzene ring substituents is 1. The minimum absolute atomic E-state index is 0.0641. The van der Waals surface area contributed by atoms with E-state index >= 15 is 0 Å². The Balaban J connectivity index is 3.08. The fourth-order valence-electron chi connectivity index (χ4n) is 1.84. The lowest BCUT2D eigenvalue weighted by molar-refractivity contribution is -0.384. The number of nitro groups is 1. The Bertz CT molecular complexity index is 405. The summed E-state index contributed by atoms with van der Waals surface area (Å²) < 4.78 is 0. The third-order valence-electron chi connectivity index (χ3n) is 2.66. The van der Waals surface area contributed by atoms with Crippen molar-refractivity contribution in [3.63, 3.8) is 0 Å². The fourth-order valence-corrected chi connectivity index (χ4v) is 1.84. The molecule has 0 amide bonds. The predicted molar refractivity (Wildman–Crippen MR) is 67.4 cm³/mol. The second-order valence-electron chi connectivity index (χ2n) is 4.24. The van der Waals surface area contributed by atoms with E-state index in [9.17, 15) is 10.1 Å². The lowest BCUT2D eigenvalue weighted by Crippen LogP contribution is -2.33. The Hall–Kier alpha value is -1.62. The highest BCUT2D eigenvalue weighted by atomic mass is 16.6. The molecule has 1 aromatic rings. The van der Waals surface area contributed by atoms with E-state index in [1.807, 2.05) is 25.7 Å². The molecule has 0 spiro atoms. The molecule has 0 radical (unpaired) electrons. The Morgan fingerprint density at radius 2 is 2.12 bits per heavy atom. The molecule has 0 aliphatic carbocycles. The number of non-ortho nitro benzene ring substituents is 1. The quantitative estimate of drug-likeness (QED) is 0.630. The number of rotatable bonds is 5. The number of hydrogen-bond donors (Lipinski definition) is 1. The van der Waals surface area contributed by atoms with Gasteiger partial charge in [-0.2, -0.15) is 0 Å². The minimum Gasteiger partial charge on any atom is -0.395 e. The van der Waals surface area contributed by atoms with Gasteiger partial charge in [0, 0.05) is 30.4 Å². The third-order valence-corrected chi connectivity index (χ3v) is 2.66. The molecular formula is C12H18N2O3. The van der Waals surface area contributed by atoms with Crippen molar-refractivity contribution in [1.29, 1.82) is 0 Å². The first-order valence-corrected chi connectivity index (χ1v) is 5.60. The van der Waals surface area contributed by atoms with Gasteiger partial charge in [-0.15, -0.1) is 0 Å². The number of aliphatic hydroxyl groups is 1. The number of benzene rings is 1. The number of aryl methyl sites for hydroxylation is 1. The van der Waals surface area contributed by atoms with E-state index in [0.29, 0.717) is 6.54 Å². The van der Waals surface area contributed by atoms with Crippen LogP contribution in [0.15, 0.2) is 18.2 Å². The molecule has 1 rings (SSSR count). The highest BCUT2D eigenvalue weighted by Crippen LogP contribution is 2.25. The van der Waals surface area contributed by atoms with Gasteiger partial charge in [-0.1, -0.05) is 0 Å². The van der Waals surface area contributed by atoms with Crippen LogP contribution in [0.3, 0.4) is 0 Å². The van der Waals surface area contributed by atoms with Crippen LogP contribution in [0.4, 0.5) is 11.4 Å². The van der Waals surface area contributed by atoms with Crippen molar-refractivity contribution in [1.82, 2.24) is 0 Å². The molecule has 0 saturated carbocycles. The summed E-state index contributed by atoms with van der Waals surface area (Å²) in [6.45, 7) is 6.48. The van der Waals surface area contributed by atoms with E-state index in [2.05, 4.69) is 0 Å². The topological polar surface area (TPSA) is 66.6 Å². The molecule has 5 heteroatoms. The van der Waals surface area contributed by atoms with Gasteiger partial charge < -0.3 is 10.0 Å². The highest BCUT2D eigenvalue weighted by molar-refractivity contribution is 5.57. The van der Waals surface area contributed by atoms with Crippen LogP contribution in [0.5, 0.6) is 0 Å². The largest absolute Gasteiger partial charge is 0.395 e. The third kappa shape index (κ3) is 3.17. The SMILES string of the molecule is Cc1cc([N+](=O)[O-])ccc1N(CCO)C(C)C. The van der Waals surface area contributed by atoms with Crippen LogP contribution in [0, 0.1) is 17.0 Å². The maximum atomic E-state index is 10.6. The molecule has 0 fully saturated rings. The first kappa shape index (κ1) is 13.4. The van der Waals surface area contributed by atoms with Gasteiger partial charge in [0.1, 0.15) is 0 Å². The van der Waals surface area contributed by atoms with Crippen LogP contribution in [0.1, 0.15) is 19.4 Å². The van der Waals surface area contributed by atoms with Crippen molar-refractivity contribution in [3.8, 4) is 0 Å². The summed E-state index contributed by atoms with van der Waals surface area (Å²) >= 11 is 0. The fraction of sp³-hybridized carbons (Fsp3) is 0.500. The highest BCUT2D eigenvalue weighted by Gasteiger charge is 2.15. The summed E-state index contributed by atoms with van der Waals surface area (Å²) in [5.41, 5.74) is 1.87. The zero-order valence-electron chi connectivity index (χ0n) is 10.4. The van der Waals surface area contributed by atoms with Crippen LogP contribution in [-0.4, -0.2) is 29.2 Å². The molecule has 0 aliphatic rings. The summed E-state index contributed by atoms with van der Waals surface area (Å²) in [5.74, 6) is 0. The van der Waals surface area contributed by atoms with Crippen LogP contribution in [-0.2, 0) is 0 Å². The number of hydrogen-bond acceptors (Lipinski definition) is 4. The summed E-state index contributed by atoms with van der Waals surface area (Å²) in [5, 5.41) is 19.7. The standard InChI is InChI=1S/C12H18N2O3/c1-9(2)13(6-7-15)12-5-4-11(14(16)17)8-10(12)3/h4-5,8-9,15H,6-7H2,1-3H3. The Morgan fingerprint density at radius 1 is 1.47 bits per heavy atom. The first-order chi connectivity index (χ1) is 7.97. The summed E-state index contributed by atoms with van der Waals surface area (Å²) in [4.78, 5) is 12.3. The van der Waals surface area contributed by atoms with E-state index in [0.717, 1.165) is 11.3 Å². The van der Waals surface area contributed by atoms with E-state index in [4.69, 9.17) is 5.11 Å². The summed E-state index contributed by atoms with van der Waals surface area (Å²) in [6.07, 6.45) is 0. The molecule has 17 heavy (non-hydrogen) atoms. The molecule has 0 bridgehead atoms. The molecule has 0 aliphatic heterocycles. The van der Waals surface area contributed by atoms with Crippen molar-refractivity contribution >= 4 is 11.4 Å². The van der Waals surface area contributed by atoms with Gasteiger partial charge >= 0.3 is 0 Å². The Kier molecular flexibility index (Phi) is 4.45.